The minimum absolute atomic E-state index is 0.653. The molecule has 0 aliphatic rings. The van der Waals surface area contributed by atoms with Crippen LogP contribution in [-0.4, -0.2) is 9.97 Å². The monoisotopic (exact) mass is 208 g/mol. The smallest absolute Gasteiger partial charge is 0.0992 e. The molecule has 0 atom stereocenters. The van der Waals surface area contributed by atoms with Crippen LogP contribution in [0.5, 0.6) is 0 Å². The van der Waals surface area contributed by atoms with Gasteiger partial charge >= 0.3 is 0 Å². The number of pyridine rings is 2. The summed E-state index contributed by atoms with van der Waals surface area (Å²) in [6.07, 6.45) is 6.38. The summed E-state index contributed by atoms with van der Waals surface area (Å²) in [7, 11) is 0. The summed E-state index contributed by atoms with van der Waals surface area (Å²) in [5, 5.41) is 16.5. The molecular weight excluding hydrogens is 200 g/mol. The van der Waals surface area contributed by atoms with Crippen molar-refractivity contribution >= 4 is 0 Å². The van der Waals surface area contributed by atoms with Gasteiger partial charge < -0.3 is 0 Å². The third-order valence-corrected chi connectivity index (χ3v) is 1.62. The zero-order chi connectivity index (χ0) is 11.6. The molecule has 0 unspecified atom stereocenters. The zero-order valence-corrected chi connectivity index (χ0v) is 8.41. The van der Waals surface area contributed by atoms with E-state index in [4.69, 9.17) is 10.5 Å². The van der Waals surface area contributed by atoms with Crippen molar-refractivity contribution in [2.45, 2.75) is 0 Å². The number of rotatable bonds is 0. The number of hydrogen-bond donors (Lipinski definition) is 0. The number of hydrogen-bond acceptors (Lipinski definition) is 4. The highest BCUT2D eigenvalue weighted by Gasteiger charge is 1.81. The first-order chi connectivity index (χ1) is 7.86. The lowest BCUT2D eigenvalue weighted by atomic mass is 10.3. The molecule has 16 heavy (non-hydrogen) atoms. The zero-order valence-electron chi connectivity index (χ0n) is 8.41. The van der Waals surface area contributed by atoms with E-state index in [0.717, 1.165) is 0 Å². The second-order valence-corrected chi connectivity index (χ2v) is 2.70. The van der Waals surface area contributed by atoms with E-state index < -0.39 is 0 Å². The third-order valence-electron chi connectivity index (χ3n) is 1.62. The Balaban J connectivity index is 0.000000160. The molecule has 0 aliphatic heterocycles. The lowest BCUT2D eigenvalue weighted by Gasteiger charge is -1.79. The van der Waals surface area contributed by atoms with Crippen molar-refractivity contribution in [1.29, 1.82) is 10.5 Å². The SMILES string of the molecule is N#Cc1ccncc1.N#Cc1ccncc1. The first-order valence-corrected chi connectivity index (χ1v) is 4.47. The van der Waals surface area contributed by atoms with Crippen LogP contribution in [0, 0.1) is 22.7 Å². The molecule has 0 fully saturated rings. The minimum Gasteiger partial charge on any atom is -0.265 e. The van der Waals surface area contributed by atoms with Crippen molar-refractivity contribution in [2.75, 3.05) is 0 Å². The van der Waals surface area contributed by atoms with Crippen molar-refractivity contribution in [3.05, 3.63) is 60.2 Å². The molecule has 4 nitrogen and oxygen atoms in total. The van der Waals surface area contributed by atoms with E-state index in [0.29, 0.717) is 11.1 Å². The highest BCUT2D eigenvalue weighted by molar-refractivity contribution is 5.25. The average molecular weight is 208 g/mol. The topological polar surface area (TPSA) is 73.4 Å². The number of nitriles is 2. The maximum Gasteiger partial charge on any atom is 0.0992 e. The summed E-state index contributed by atoms with van der Waals surface area (Å²) in [6, 6.07) is 10.6. The highest BCUT2D eigenvalue weighted by atomic mass is 14.6. The molecule has 2 heterocycles. The fraction of sp³-hybridized carbons (Fsp3) is 0. The first kappa shape index (κ1) is 11.4. The van der Waals surface area contributed by atoms with E-state index in [9.17, 15) is 0 Å². The van der Waals surface area contributed by atoms with Gasteiger partial charge in [0.05, 0.1) is 23.3 Å². The summed E-state index contributed by atoms with van der Waals surface area (Å²) in [5.74, 6) is 0. The van der Waals surface area contributed by atoms with Crippen LogP contribution >= 0.6 is 0 Å². The Morgan fingerprint density at radius 3 is 1.19 bits per heavy atom. The van der Waals surface area contributed by atoms with Gasteiger partial charge in [-0.2, -0.15) is 10.5 Å². The van der Waals surface area contributed by atoms with Crippen LogP contribution in [0.2, 0.25) is 0 Å². The predicted octanol–water partition coefficient (Wildman–Crippen LogP) is 1.91. The van der Waals surface area contributed by atoms with Crippen LogP contribution in [0.4, 0.5) is 0 Å². The molecule has 0 saturated heterocycles. The van der Waals surface area contributed by atoms with Crippen LogP contribution in [0.1, 0.15) is 11.1 Å². The summed E-state index contributed by atoms with van der Waals surface area (Å²) in [4.78, 5) is 7.48. The van der Waals surface area contributed by atoms with E-state index in [1.54, 1.807) is 49.1 Å². The number of nitrogens with zero attached hydrogens (tertiary/aromatic N) is 4. The van der Waals surface area contributed by atoms with Gasteiger partial charge in [0.25, 0.3) is 0 Å². The maximum absolute atomic E-state index is 8.26. The molecule has 0 N–H and O–H groups in total. The molecule has 0 aromatic carbocycles. The molecule has 2 rings (SSSR count). The first-order valence-electron chi connectivity index (χ1n) is 4.47. The summed E-state index contributed by atoms with van der Waals surface area (Å²) in [5.41, 5.74) is 1.31. The van der Waals surface area contributed by atoms with E-state index in [-0.39, 0.29) is 0 Å². The lowest BCUT2D eigenvalue weighted by molar-refractivity contribution is 1.31. The quantitative estimate of drug-likeness (QED) is 0.662. The normalized spacial score (nSPS) is 7.88. The standard InChI is InChI=1S/2C6H4N2/c2*7-5-6-1-3-8-4-2-6/h2*1-4H. The molecule has 2 aromatic heterocycles. The van der Waals surface area contributed by atoms with Gasteiger partial charge in [-0.15, -0.1) is 0 Å². The van der Waals surface area contributed by atoms with Gasteiger partial charge in [-0.3, -0.25) is 9.97 Å². The Labute approximate surface area is 93.4 Å². The Morgan fingerprint density at radius 1 is 0.688 bits per heavy atom. The van der Waals surface area contributed by atoms with Crippen molar-refractivity contribution in [2.24, 2.45) is 0 Å². The van der Waals surface area contributed by atoms with Crippen LogP contribution in [0.25, 0.3) is 0 Å². The van der Waals surface area contributed by atoms with E-state index in [2.05, 4.69) is 9.97 Å². The van der Waals surface area contributed by atoms with Gasteiger partial charge in [0.15, 0.2) is 0 Å². The van der Waals surface area contributed by atoms with Crippen molar-refractivity contribution < 1.29 is 0 Å². The fourth-order valence-electron chi connectivity index (χ4n) is 0.853. The van der Waals surface area contributed by atoms with Gasteiger partial charge in [0.2, 0.25) is 0 Å². The maximum atomic E-state index is 8.26. The fourth-order valence-corrected chi connectivity index (χ4v) is 0.853. The molecule has 0 bridgehead atoms. The van der Waals surface area contributed by atoms with E-state index >= 15 is 0 Å². The Kier molecular flexibility index (Phi) is 4.75. The van der Waals surface area contributed by atoms with E-state index in [1.165, 1.54) is 0 Å². The highest BCUT2D eigenvalue weighted by Crippen LogP contribution is 1.90. The molecule has 0 radical (unpaired) electrons. The van der Waals surface area contributed by atoms with Crippen LogP contribution in [0.15, 0.2) is 49.1 Å². The summed E-state index contributed by atoms with van der Waals surface area (Å²) in [6.45, 7) is 0. The van der Waals surface area contributed by atoms with Gasteiger partial charge in [-0.25, -0.2) is 0 Å². The summed E-state index contributed by atoms with van der Waals surface area (Å²) >= 11 is 0. The summed E-state index contributed by atoms with van der Waals surface area (Å²) < 4.78 is 0. The van der Waals surface area contributed by atoms with Crippen molar-refractivity contribution in [3.8, 4) is 12.1 Å². The second kappa shape index (κ2) is 6.69. The van der Waals surface area contributed by atoms with Gasteiger partial charge in [-0.05, 0) is 24.3 Å². The molecular formula is C12H8N4. The molecule has 0 spiro atoms. The Bertz CT molecular complexity index is 445. The van der Waals surface area contributed by atoms with Crippen LogP contribution in [-0.2, 0) is 0 Å². The van der Waals surface area contributed by atoms with Crippen LogP contribution in [0.3, 0.4) is 0 Å². The predicted molar refractivity (Wildman–Crippen MR) is 57.9 cm³/mol. The number of aromatic nitrogens is 2. The molecule has 0 amide bonds. The molecule has 4 heteroatoms. The van der Waals surface area contributed by atoms with Gasteiger partial charge in [0.1, 0.15) is 0 Å². The Hall–Kier alpha value is -2.72. The molecule has 76 valence electrons. The molecule has 2 aromatic rings. The second-order valence-electron chi connectivity index (χ2n) is 2.70. The Morgan fingerprint density at radius 2 is 1.00 bits per heavy atom. The molecule has 0 aliphatic carbocycles. The van der Waals surface area contributed by atoms with Crippen molar-refractivity contribution in [3.63, 3.8) is 0 Å². The minimum atomic E-state index is 0.653. The third kappa shape index (κ3) is 3.99. The van der Waals surface area contributed by atoms with Crippen molar-refractivity contribution in [1.82, 2.24) is 9.97 Å². The van der Waals surface area contributed by atoms with Gasteiger partial charge in [-0.1, -0.05) is 0 Å². The molecule has 0 saturated carbocycles. The van der Waals surface area contributed by atoms with Gasteiger partial charge in [0, 0.05) is 24.8 Å². The largest absolute Gasteiger partial charge is 0.265 e. The van der Waals surface area contributed by atoms with Crippen LogP contribution < -0.4 is 0 Å². The lowest BCUT2D eigenvalue weighted by Crippen LogP contribution is -1.71. The van der Waals surface area contributed by atoms with E-state index in [1.807, 2.05) is 12.1 Å². The average Bonchev–Trinajstić information content (AvgIpc) is 2.41.